The maximum absolute atomic E-state index is 11.2. The molecule has 0 saturated heterocycles. The van der Waals surface area contributed by atoms with Crippen molar-refractivity contribution in [2.24, 2.45) is 0 Å². The molecule has 3 aromatic heterocycles. The third-order valence-electron chi connectivity index (χ3n) is 9.81. The molecule has 0 aliphatic carbocycles. The number of ether oxygens (including phenoxy) is 6. The molecule has 0 fully saturated rings. The molecule has 0 amide bonds. The van der Waals surface area contributed by atoms with E-state index in [4.69, 9.17) is 32.6 Å². The highest BCUT2D eigenvalue weighted by molar-refractivity contribution is 7.98. The van der Waals surface area contributed by atoms with Gasteiger partial charge in [0.25, 0.3) is 0 Å². The summed E-state index contributed by atoms with van der Waals surface area (Å²) < 4.78 is 47.5. The van der Waals surface area contributed by atoms with Crippen LogP contribution in [0.25, 0.3) is 32.9 Å². The Morgan fingerprint density at radius 2 is 0.902 bits per heavy atom. The lowest BCUT2D eigenvalue weighted by atomic mass is 10.0. The Labute approximate surface area is 360 Å². The number of para-hydroxylation sites is 3. The predicted octanol–water partition coefficient (Wildman–Crippen LogP) is 9.44. The minimum atomic E-state index is -0.439. The van der Waals surface area contributed by atoms with Gasteiger partial charge in [-0.1, -0.05) is 49.7 Å². The summed E-state index contributed by atoms with van der Waals surface area (Å²) in [6, 6.07) is 17.1. The zero-order chi connectivity index (χ0) is 44.3. The fourth-order valence-electron chi connectivity index (χ4n) is 6.65. The summed E-state index contributed by atoms with van der Waals surface area (Å²) >= 11 is 1.85. The van der Waals surface area contributed by atoms with Gasteiger partial charge in [-0.3, -0.25) is 0 Å². The molecule has 330 valence electrons. The Morgan fingerprint density at radius 1 is 0.557 bits per heavy atom. The summed E-state index contributed by atoms with van der Waals surface area (Å²) in [5, 5.41) is 12.0. The van der Waals surface area contributed by atoms with Gasteiger partial charge in [0.15, 0.2) is 53.8 Å². The fraction of sp³-hybridized carbons (Fsp3) is 0.426. The van der Waals surface area contributed by atoms with E-state index in [-0.39, 0.29) is 26.4 Å². The van der Waals surface area contributed by atoms with Gasteiger partial charge < -0.3 is 46.8 Å². The number of rotatable bonds is 19. The molecular weight excluding hydrogens is 805 g/mol. The van der Waals surface area contributed by atoms with E-state index in [9.17, 15) is 14.4 Å². The van der Waals surface area contributed by atoms with E-state index >= 15 is 0 Å². The summed E-state index contributed by atoms with van der Waals surface area (Å²) in [5.74, 6) is 4.20. The van der Waals surface area contributed by atoms with E-state index < -0.39 is 17.9 Å². The van der Waals surface area contributed by atoms with Crippen LogP contribution >= 0.6 is 11.8 Å². The van der Waals surface area contributed by atoms with Crippen molar-refractivity contribution < 1.29 is 61.2 Å². The molecule has 13 nitrogen and oxygen atoms in total. The SMILES string of the molecule is CCCCc1c(C)oc2c(OCC(=O)OC)cccc12.COC(=O)COc1cccc2c(CCCO)c(C)oc12.COC(=O)COc1cccc2c(CCCSC)c(C)oc12. The molecule has 0 atom stereocenters. The molecule has 0 aliphatic rings. The van der Waals surface area contributed by atoms with E-state index in [0.717, 1.165) is 83.3 Å². The molecule has 3 aromatic carbocycles. The van der Waals surface area contributed by atoms with E-state index in [1.165, 1.54) is 32.5 Å². The number of unbranched alkanes of at least 4 members (excludes halogenated alkanes) is 1. The average molecular weight is 863 g/mol. The number of carbonyl (C=O) groups is 3. The number of carbonyl (C=O) groups excluding carboxylic acids is 3. The number of methoxy groups -OCH3 is 3. The van der Waals surface area contributed by atoms with Crippen LogP contribution in [0.2, 0.25) is 0 Å². The topological polar surface area (TPSA) is 166 Å². The third kappa shape index (κ3) is 13.2. The van der Waals surface area contributed by atoms with Crippen molar-refractivity contribution in [3.8, 4) is 17.2 Å². The maximum Gasteiger partial charge on any atom is 0.343 e. The van der Waals surface area contributed by atoms with Gasteiger partial charge in [0.1, 0.15) is 17.3 Å². The van der Waals surface area contributed by atoms with Gasteiger partial charge in [0.2, 0.25) is 0 Å². The zero-order valence-electron chi connectivity index (χ0n) is 36.4. The zero-order valence-corrected chi connectivity index (χ0v) is 37.3. The molecule has 3 heterocycles. The molecule has 0 spiro atoms. The summed E-state index contributed by atoms with van der Waals surface area (Å²) in [6.07, 6.45) is 8.91. The first-order chi connectivity index (χ1) is 29.5. The predicted molar refractivity (Wildman–Crippen MR) is 236 cm³/mol. The summed E-state index contributed by atoms with van der Waals surface area (Å²) in [4.78, 5) is 33.5. The monoisotopic (exact) mass is 862 g/mol. The van der Waals surface area contributed by atoms with E-state index in [1.54, 1.807) is 18.2 Å². The van der Waals surface area contributed by atoms with E-state index in [1.807, 2.05) is 68.9 Å². The molecule has 6 aromatic rings. The summed E-state index contributed by atoms with van der Waals surface area (Å²) in [5.41, 5.74) is 5.56. The van der Waals surface area contributed by atoms with Crippen LogP contribution in [0.4, 0.5) is 0 Å². The number of hydrogen-bond donors (Lipinski definition) is 1. The Hall–Kier alpha value is -5.60. The number of aliphatic hydroxyl groups excluding tert-OH is 1. The second-order valence-corrected chi connectivity index (χ2v) is 14.9. The van der Waals surface area contributed by atoms with Crippen molar-refractivity contribution in [2.45, 2.75) is 72.6 Å². The van der Waals surface area contributed by atoms with Crippen molar-refractivity contribution in [3.63, 3.8) is 0 Å². The second kappa shape index (κ2) is 24.6. The number of fused-ring (bicyclic) bond motifs is 3. The van der Waals surface area contributed by atoms with Gasteiger partial charge in [0, 0.05) is 39.5 Å². The number of esters is 3. The largest absolute Gasteiger partial charge is 0.478 e. The van der Waals surface area contributed by atoms with Gasteiger partial charge in [-0.2, -0.15) is 11.8 Å². The Kier molecular flexibility index (Phi) is 19.4. The van der Waals surface area contributed by atoms with Gasteiger partial charge in [-0.05, 0) is 89.5 Å². The van der Waals surface area contributed by atoms with Crippen LogP contribution in [0.1, 0.15) is 66.6 Å². The minimum absolute atomic E-state index is 0.111. The van der Waals surface area contributed by atoms with Crippen molar-refractivity contribution in [2.75, 3.05) is 59.8 Å². The van der Waals surface area contributed by atoms with Crippen LogP contribution in [0.3, 0.4) is 0 Å². The van der Waals surface area contributed by atoms with Crippen LogP contribution in [0.5, 0.6) is 17.2 Å². The summed E-state index contributed by atoms with van der Waals surface area (Å²) in [7, 11) is 4.00. The van der Waals surface area contributed by atoms with E-state index in [2.05, 4.69) is 27.4 Å². The first-order valence-electron chi connectivity index (χ1n) is 20.2. The Morgan fingerprint density at radius 3 is 1.21 bits per heavy atom. The highest BCUT2D eigenvalue weighted by atomic mass is 32.2. The van der Waals surface area contributed by atoms with Crippen LogP contribution in [0.15, 0.2) is 67.8 Å². The third-order valence-corrected chi connectivity index (χ3v) is 10.5. The lowest BCUT2D eigenvalue weighted by Crippen LogP contribution is -2.12. The van der Waals surface area contributed by atoms with Gasteiger partial charge in [0.05, 0.1) is 21.3 Å². The number of aliphatic hydroxyl groups is 1. The Bertz CT molecular complexity index is 2230. The molecule has 61 heavy (non-hydrogen) atoms. The number of hydrogen-bond acceptors (Lipinski definition) is 14. The molecule has 0 unspecified atom stereocenters. The molecule has 1 N–H and O–H groups in total. The highest BCUT2D eigenvalue weighted by Crippen LogP contribution is 2.36. The molecule has 0 radical (unpaired) electrons. The van der Waals surface area contributed by atoms with Crippen molar-refractivity contribution in [1.82, 2.24) is 0 Å². The quantitative estimate of drug-likeness (QED) is 0.0465. The Balaban J connectivity index is 0.000000202. The van der Waals surface area contributed by atoms with Crippen LogP contribution in [0, 0.1) is 20.8 Å². The number of thioether (sulfide) groups is 1. The van der Waals surface area contributed by atoms with Crippen LogP contribution in [-0.2, 0) is 47.9 Å². The summed E-state index contributed by atoms with van der Waals surface area (Å²) in [6.45, 7) is 7.76. The van der Waals surface area contributed by atoms with Crippen molar-refractivity contribution >= 4 is 62.6 Å². The van der Waals surface area contributed by atoms with Crippen LogP contribution in [-0.4, -0.2) is 82.8 Å². The molecule has 0 bridgehead atoms. The number of furan rings is 3. The molecular formula is C47H58O13S. The van der Waals surface area contributed by atoms with Crippen molar-refractivity contribution in [3.05, 3.63) is 88.6 Å². The van der Waals surface area contributed by atoms with Crippen LogP contribution < -0.4 is 14.2 Å². The minimum Gasteiger partial charge on any atom is -0.478 e. The molecule has 0 aliphatic heterocycles. The highest BCUT2D eigenvalue weighted by Gasteiger charge is 2.18. The second-order valence-electron chi connectivity index (χ2n) is 13.9. The lowest BCUT2D eigenvalue weighted by Gasteiger charge is -2.05. The number of benzene rings is 3. The molecule has 6 rings (SSSR count). The first kappa shape index (κ1) is 48.1. The van der Waals surface area contributed by atoms with Gasteiger partial charge in [-0.15, -0.1) is 0 Å². The van der Waals surface area contributed by atoms with Crippen molar-refractivity contribution in [1.29, 1.82) is 0 Å². The fourth-order valence-corrected chi connectivity index (χ4v) is 7.08. The standard InChI is InChI=1S/C16H20O4S.C16H20O4.C15H18O5/c1-11-12(7-5-9-21-3)13-6-4-8-14(16(13)20-11)19-10-15(17)18-2;1-4-5-7-12-11(2)20-16-13(12)8-6-9-14(16)19-10-15(17)18-3;1-10-11(6-4-8-16)12-5-3-7-13(15(12)20-10)19-9-14(17)18-2/h4,6,8H,5,7,9-10H2,1-3H3;6,8-9H,4-5,7,10H2,1-3H3;3,5,7,16H,4,6,8-9H2,1-2H3. The molecule has 0 saturated carbocycles. The lowest BCUT2D eigenvalue weighted by molar-refractivity contribution is -0.143. The smallest absolute Gasteiger partial charge is 0.343 e. The maximum atomic E-state index is 11.2. The number of aryl methyl sites for hydroxylation is 6. The first-order valence-corrected chi connectivity index (χ1v) is 21.6. The van der Waals surface area contributed by atoms with Gasteiger partial charge in [-0.25, -0.2) is 14.4 Å². The average Bonchev–Trinajstić information content (AvgIpc) is 3.90. The van der Waals surface area contributed by atoms with Gasteiger partial charge >= 0.3 is 17.9 Å². The van der Waals surface area contributed by atoms with E-state index in [0.29, 0.717) is 40.4 Å². The normalized spacial score (nSPS) is 10.8. The molecule has 14 heteroatoms.